The topological polar surface area (TPSA) is 29.5 Å². The number of Topliss-reactive ketones (excluding diaryl/α,β-unsaturated/α-hetero) is 1. The van der Waals surface area contributed by atoms with Crippen molar-refractivity contribution in [1.82, 2.24) is 4.90 Å². The van der Waals surface area contributed by atoms with Gasteiger partial charge in [0.2, 0.25) is 0 Å². The number of benzene rings is 1. The van der Waals surface area contributed by atoms with Crippen LogP contribution in [0, 0.1) is 5.92 Å². The van der Waals surface area contributed by atoms with Crippen LogP contribution in [0.2, 0.25) is 0 Å². The van der Waals surface area contributed by atoms with Crippen LogP contribution in [0.1, 0.15) is 45.0 Å². The van der Waals surface area contributed by atoms with E-state index in [9.17, 15) is 4.79 Å². The monoisotopic (exact) mass is 277 g/mol. The lowest BCUT2D eigenvalue weighted by molar-refractivity contribution is 0.0763. The molecule has 1 rings (SSSR count). The van der Waals surface area contributed by atoms with E-state index in [-0.39, 0.29) is 11.8 Å². The molecule has 3 nitrogen and oxygen atoms in total. The Labute approximate surface area is 122 Å². The average molecular weight is 277 g/mol. The van der Waals surface area contributed by atoms with Crippen LogP contribution < -0.4 is 4.74 Å². The first-order valence-corrected chi connectivity index (χ1v) is 7.30. The van der Waals surface area contributed by atoms with Gasteiger partial charge in [0.25, 0.3) is 0 Å². The first-order chi connectivity index (χ1) is 9.36. The predicted octanol–water partition coefficient (Wildman–Crippen LogP) is 3.63. The second kappa shape index (κ2) is 7.44. The van der Waals surface area contributed by atoms with Crippen molar-refractivity contribution in [2.75, 3.05) is 13.7 Å². The molecule has 1 aromatic carbocycles. The maximum Gasteiger partial charge on any atom is 0.179 e. The minimum atomic E-state index is -0.106. The minimum absolute atomic E-state index is 0.106. The molecule has 0 aliphatic heterocycles. The molecule has 3 heteroatoms. The van der Waals surface area contributed by atoms with Gasteiger partial charge < -0.3 is 4.74 Å². The normalized spacial score (nSPS) is 13.1. The summed E-state index contributed by atoms with van der Waals surface area (Å²) in [7, 11) is 1.63. The highest BCUT2D eigenvalue weighted by molar-refractivity contribution is 5.99. The fourth-order valence-corrected chi connectivity index (χ4v) is 2.38. The van der Waals surface area contributed by atoms with Gasteiger partial charge in [0.05, 0.1) is 13.2 Å². The van der Waals surface area contributed by atoms with E-state index in [0.29, 0.717) is 12.0 Å². The zero-order valence-corrected chi connectivity index (χ0v) is 13.5. The Kier molecular flexibility index (Phi) is 6.21. The molecule has 0 amide bonds. The molecule has 20 heavy (non-hydrogen) atoms. The lowest BCUT2D eigenvalue weighted by Gasteiger charge is -2.33. The first-order valence-electron chi connectivity index (χ1n) is 7.30. The number of hydrogen-bond acceptors (Lipinski definition) is 3. The molecular formula is C17H27NO2. The fraction of sp³-hybridized carbons (Fsp3) is 0.588. The number of methoxy groups -OCH3 is 1. The zero-order chi connectivity index (χ0) is 15.3. The van der Waals surface area contributed by atoms with Gasteiger partial charge >= 0.3 is 0 Å². The average Bonchev–Trinajstić information content (AvgIpc) is 2.43. The fourth-order valence-electron chi connectivity index (χ4n) is 2.38. The Bertz CT molecular complexity index is 423. The first kappa shape index (κ1) is 16.7. The molecule has 0 radical (unpaired) electrons. The Morgan fingerprint density at radius 3 is 2.05 bits per heavy atom. The van der Waals surface area contributed by atoms with Gasteiger partial charge in [-0.1, -0.05) is 13.8 Å². The van der Waals surface area contributed by atoms with Crippen molar-refractivity contribution in [3.63, 3.8) is 0 Å². The maximum atomic E-state index is 12.6. The van der Waals surface area contributed by atoms with Crippen LogP contribution in [0.5, 0.6) is 5.75 Å². The second-order valence-corrected chi connectivity index (χ2v) is 5.95. The quantitative estimate of drug-likeness (QED) is 0.713. The van der Waals surface area contributed by atoms with Gasteiger partial charge in [0.1, 0.15) is 5.75 Å². The highest BCUT2D eigenvalue weighted by Gasteiger charge is 2.25. The van der Waals surface area contributed by atoms with E-state index < -0.39 is 0 Å². The predicted molar refractivity (Wildman–Crippen MR) is 83.5 cm³/mol. The number of ketones is 1. The number of nitrogens with zero attached hydrogens (tertiary/aromatic N) is 1. The molecule has 0 fully saturated rings. The van der Waals surface area contributed by atoms with Gasteiger partial charge in [-0.2, -0.15) is 0 Å². The summed E-state index contributed by atoms with van der Waals surface area (Å²) in [4.78, 5) is 14.9. The largest absolute Gasteiger partial charge is 0.497 e. The highest BCUT2D eigenvalue weighted by Crippen LogP contribution is 2.17. The van der Waals surface area contributed by atoms with E-state index in [1.807, 2.05) is 31.2 Å². The maximum absolute atomic E-state index is 12.6. The van der Waals surface area contributed by atoms with Gasteiger partial charge in [-0.3, -0.25) is 9.69 Å². The summed E-state index contributed by atoms with van der Waals surface area (Å²) in [6.45, 7) is 11.6. The van der Waals surface area contributed by atoms with Crippen LogP contribution in [-0.2, 0) is 0 Å². The second-order valence-electron chi connectivity index (χ2n) is 5.95. The standard InChI is InChI=1S/C17H27NO2/c1-12(2)11-18(13(3)4)14(5)17(19)15-7-9-16(20-6)10-8-15/h7-10,12-14H,11H2,1-6H3. The van der Waals surface area contributed by atoms with Crippen LogP contribution in [0.4, 0.5) is 0 Å². The van der Waals surface area contributed by atoms with Crippen LogP contribution >= 0.6 is 0 Å². The lowest BCUT2D eigenvalue weighted by Crippen LogP contribution is -2.45. The van der Waals surface area contributed by atoms with Crippen molar-refractivity contribution in [2.45, 2.75) is 46.7 Å². The zero-order valence-electron chi connectivity index (χ0n) is 13.5. The van der Waals surface area contributed by atoms with E-state index in [2.05, 4.69) is 32.6 Å². The van der Waals surface area contributed by atoms with Crippen LogP contribution in [0.3, 0.4) is 0 Å². The third-order valence-electron chi connectivity index (χ3n) is 3.49. The molecule has 1 aromatic rings. The summed E-state index contributed by atoms with van der Waals surface area (Å²) in [6.07, 6.45) is 0. The molecule has 0 saturated heterocycles. The summed E-state index contributed by atoms with van der Waals surface area (Å²) in [6, 6.07) is 7.60. The van der Waals surface area contributed by atoms with Crippen molar-refractivity contribution in [1.29, 1.82) is 0 Å². The van der Waals surface area contributed by atoms with Gasteiger partial charge in [-0.05, 0) is 51.0 Å². The number of carbonyl (C=O) groups is 1. The molecular weight excluding hydrogens is 250 g/mol. The Morgan fingerprint density at radius 1 is 1.10 bits per heavy atom. The van der Waals surface area contributed by atoms with E-state index in [0.717, 1.165) is 17.9 Å². The summed E-state index contributed by atoms with van der Waals surface area (Å²) in [5, 5.41) is 0. The van der Waals surface area contributed by atoms with Crippen LogP contribution in [0.25, 0.3) is 0 Å². The molecule has 1 atom stereocenters. The van der Waals surface area contributed by atoms with Crippen LogP contribution in [-0.4, -0.2) is 36.4 Å². The summed E-state index contributed by atoms with van der Waals surface area (Å²) in [5.74, 6) is 1.49. The van der Waals surface area contributed by atoms with E-state index in [4.69, 9.17) is 4.74 Å². The Hall–Kier alpha value is -1.35. The Balaban J connectivity index is 2.86. The molecule has 0 aliphatic carbocycles. The van der Waals surface area contributed by atoms with E-state index in [1.165, 1.54) is 0 Å². The molecule has 0 aromatic heterocycles. The molecule has 0 N–H and O–H groups in total. The van der Waals surface area contributed by atoms with Crippen molar-refractivity contribution in [3.05, 3.63) is 29.8 Å². The van der Waals surface area contributed by atoms with E-state index >= 15 is 0 Å². The van der Waals surface area contributed by atoms with Crippen LogP contribution in [0.15, 0.2) is 24.3 Å². The van der Waals surface area contributed by atoms with Crippen molar-refractivity contribution >= 4 is 5.78 Å². The number of ether oxygens (including phenoxy) is 1. The van der Waals surface area contributed by atoms with Gasteiger partial charge in [0.15, 0.2) is 5.78 Å². The minimum Gasteiger partial charge on any atom is -0.497 e. The lowest BCUT2D eigenvalue weighted by atomic mass is 10.0. The molecule has 0 bridgehead atoms. The summed E-state index contributed by atoms with van der Waals surface area (Å²) < 4.78 is 5.13. The molecule has 0 aliphatic rings. The van der Waals surface area contributed by atoms with E-state index in [1.54, 1.807) is 7.11 Å². The third kappa shape index (κ3) is 4.34. The Morgan fingerprint density at radius 2 is 1.65 bits per heavy atom. The smallest absolute Gasteiger partial charge is 0.179 e. The third-order valence-corrected chi connectivity index (χ3v) is 3.49. The van der Waals surface area contributed by atoms with Gasteiger partial charge in [-0.25, -0.2) is 0 Å². The van der Waals surface area contributed by atoms with Gasteiger partial charge in [0, 0.05) is 18.2 Å². The number of rotatable bonds is 7. The summed E-state index contributed by atoms with van der Waals surface area (Å²) >= 11 is 0. The highest BCUT2D eigenvalue weighted by atomic mass is 16.5. The van der Waals surface area contributed by atoms with Crippen molar-refractivity contribution < 1.29 is 9.53 Å². The molecule has 0 saturated carbocycles. The molecule has 0 spiro atoms. The SMILES string of the molecule is COc1ccc(C(=O)C(C)N(CC(C)C)C(C)C)cc1. The number of hydrogen-bond donors (Lipinski definition) is 0. The molecule has 0 heterocycles. The molecule has 112 valence electrons. The molecule has 1 unspecified atom stereocenters. The number of carbonyl (C=O) groups excluding carboxylic acids is 1. The van der Waals surface area contributed by atoms with Crippen molar-refractivity contribution in [3.8, 4) is 5.75 Å². The van der Waals surface area contributed by atoms with Gasteiger partial charge in [-0.15, -0.1) is 0 Å². The summed E-state index contributed by atoms with van der Waals surface area (Å²) in [5.41, 5.74) is 0.743. The van der Waals surface area contributed by atoms with Crippen molar-refractivity contribution in [2.24, 2.45) is 5.92 Å².